The molecule has 38 heavy (non-hydrogen) atoms. The largest absolute Gasteiger partial charge is 0.377 e. The van der Waals surface area contributed by atoms with Crippen molar-refractivity contribution in [3.8, 4) is 0 Å². The Balaban J connectivity index is 1.46. The zero-order valence-corrected chi connectivity index (χ0v) is 22.3. The van der Waals surface area contributed by atoms with Crippen LogP contribution in [0.3, 0.4) is 0 Å². The number of hydrogen-bond donors (Lipinski definition) is 0. The fourth-order valence-corrected chi connectivity index (χ4v) is 6.88. The summed E-state index contributed by atoms with van der Waals surface area (Å²) < 4.78 is 48.5. The number of hydrogen-bond acceptors (Lipinski definition) is 6. The Bertz CT molecular complexity index is 1480. The molecule has 7 nitrogen and oxygen atoms in total. The molecule has 0 bridgehead atoms. The molecular formula is C28H28FN3O4S2. The molecule has 0 aliphatic carbocycles. The van der Waals surface area contributed by atoms with Crippen molar-refractivity contribution in [1.29, 1.82) is 0 Å². The van der Waals surface area contributed by atoms with E-state index in [2.05, 4.69) is 4.98 Å². The van der Waals surface area contributed by atoms with E-state index in [1.165, 1.54) is 33.8 Å². The molecule has 4 aromatic rings. The van der Waals surface area contributed by atoms with Gasteiger partial charge in [-0.1, -0.05) is 36.4 Å². The van der Waals surface area contributed by atoms with Gasteiger partial charge in [0.15, 0.2) is 0 Å². The van der Waals surface area contributed by atoms with Crippen molar-refractivity contribution in [2.24, 2.45) is 0 Å². The molecule has 1 fully saturated rings. The van der Waals surface area contributed by atoms with E-state index in [1.54, 1.807) is 35.4 Å². The molecule has 1 atom stereocenters. The van der Waals surface area contributed by atoms with Gasteiger partial charge in [-0.15, -0.1) is 11.3 Å². The first kappa shape index (κ1) is 26.4. The third-order valence-corrected chi connectivity index (χ3v) is 9.23. The van der Waals surface area contributed by atoms with Crippen molar-refractivity contribution < 1.29 is 22.3 Å². The van der Waals surface area contributed by atoms with E-state index in [0.717, 1.165) is 23.3 Å². The van der Waals surface area contributed by atoms with Crippen LogP contribution in [0.1, 0.15) is 23.3 Å². The molecule has 0 radical (unpaired) electrons. The zero-order valence-electron chi connectivity index (χ0n) is 20.7. The maximum Gasteiger partial charge on any atom is 0.245 e. The highest BCUT2D eigenvalue weighted by Crippen LogP contribution is 2.26. The molecule has 1 aliphatic heterocycles. The minimum atomic E-state index is -4.09. The molecule has 1 amide bonds. The lowest BCUT2D eigenvalue weighted by Gasteiger charge is -2.28. The predicted molar refractivity (Wildman–Crippen MR) is 144 cm³/mol. The van der Waals surface area contributed by atoms with Crippen LogP contribution in [0.2, 0.25) is 0 Å². The number of rotatable bonds is 10. The van der Waals surface area contributed by atoms with Gasteiger partial charge in [0, 0.05) is 36.2 Å². The average Bonchev–Trinajstić information content (AvgIpc) is 3.63. The molecule has 198 valence electrons. The van der Waals surface area contributed by atoms with Crippen LogP contribution in [0.4, 0.5) is 4.39 Å². The summed E-state index contributed by atoms with van der Waals surface area (Å²) in [6, 6.07) is 18.4. The number of carbonyl (C=O) groups excluding carboxylic acids is 1. The number of aromatic nitrogens is 1. The van der Waals surface area contributed by atoms with Gasteiger partial charge in [-0.25, -0.2) is 12.8 Å². The Morgan fingerprint density at radius 3 is 2.61 bits per heavy atom. The van der Waals surface area contributed by atoms with Gasteiger partial charge in [-0.05, 0) is 54.1 Å². The Hall–Kier alpha value is -3.18. The minimum Gasteiger partial charge on any atom is -0.377 e. The summed E-state index contributed by atoms with van der Waals surface area (Å²) in [5.41, 5.74) is 1.12. The Morgan fingerprint density at radius 1 is 1.05 bits per heavy atom. The van der Waals surface area contributed by atoms with Crippen LogP contribution < -0.4 is 0 Å². The second-order valence-electron chi connectivity index (χ2n) is 9.22. The first-order valence-corrected chi connectivity index (χ1v) is 14.7. The van der Waals surface area contributed by atoms with Crippen LogP contribution in [0.25, 0.3) is 10.9 Å². The molecule has 10 heteroatoms. The molecule has 0 spiro atoms. The smallest absolute Gasteiger partial charge is 0.245 e. The van der Waals surface area contributed by atoms with Crippen molar-refractivity contribution in [1.82, 2.24) is 14.2 Å². The molecule has 2 aromatic carbocycles. The van der Waals surface area contributed by atoms with Gasteiger partial charge in [0.2, 0.25) is 15.9 Å². The maximum absolute atomic E-state index is 14.0. The number of pyridine rings is 1. The van der Waals surface area contributed by atoms with Crippen molar-refractivity contribution in [2.45, 2.75) is 36.9 Å². The van der Waals surface area contributed by atoms with Gasteiger partial charge in [0.1, 0.15) is 10.7 Å². The Kier molecular flexibility index (Phi) is 8.13. The summed E-state index contributed by atoms with van der Waals surface area (Å²) in [4.78, 5) is 20.7. The minimum absolute atomic E-state index is 0.0599. The lowest BCUT2D eigenvalue weighted by atomic mass is 10.2. The highest BCUT2D eigenvalue weighted by molar-refractivity contribution is 7.89. The Labute approximate surface area is 225 Å². The molecule has 0 saturated carbocycles. The highest BCUT2D eigenvalue weighted by Gasteiger charge is 2.33. The maximum atomic E-state index is 14.0. The van der Waals surface area contributed by atoms with E-state index >= 15 is 0 Å². The number of sulfonamides is 1. The number of halogens is 1. The quantitative estimate of drug-likeness (QED) is 0.281. The second-order valence-corrected chi connectivity index (χ2v) is 12.2. The SMILES string of the molecule is O=C(CN(CC1CCCO1)S(=O)(=O)c1cccc2cccnc12)N(Cc1ccc(F)cc1)Cc1cccs1. The third-order valence-electron chi connectivity index (χ3n) is 6.52. The van der Waals surface area contributed by atoms with E-state index in [9.17, 15) is 17.6 Å². The monoisotopic (exact) mass is 553 g/mol. The number of thiophene rings is 1. The van der Waals surface area contributed by atoms with E-state index in [1.807, 2.05) is 29.6 Å². The van der Waals surface area contributed by atoms with E-state index in [0.29, 0.717) is 24.1 Å². The zero-order chi connectivity index (χ0) is 26.5. The summed E-state index contributed by atoms with van der Waals surface area (Å²) in [7, 11) is -4.09. The van der Waals surface area contributed by atoms with Crippen molar-refractivity contribution in [3.05, 3.63) is 94.6 Å². The lowest BCUT2D eigenvalue weighted by molar-refractivity contribution is -0.132. The van der Waals surface area contributed by atoms with Crippen LogP contribution >= 0.6 is 11.3 Å². The van der Waals surface area contributed by atoms with Gasteiger partial charge >= 0.3 is 0 Å². The van der Waals surface area contributed by atoms with E-state index in [-0.39, 0.29) is 42.4 Å². The van der Waals surface area contributed by atoms with Crippen molar-refractivity contribution >= 4 is 38.2 Å². The number of carbonyl (C=O) groups is 1. The van der Waals surface area contributed by atoms with Gasteiger partial charge in [0.05, 0.1) is 24.7 Å². The van der Waals surface area contributed by atoms with Crippen molar-refractivity contribution in [3.63, 3.8) is 0 Å². The topological polar surface area (TPSA) is 79.8 Å². The fourth-order valence-electron chi connectivity index (χ4n) is 4.57. The van der Waals surface area contributed by atoms with Crippen LogP contribution in [0.5, 0.6) is 0 Å². The standard InChI is InChI=1S/C28H28FN3O4S2/c29-23-12-10-21(11-13-23)17-31(19-25-8-4-16-37-25)27(33)20-32(18-24-7-3-15-36-24)38(34,35)26-9-1-5-22-6-2-14-30-28(22)26/h1-2,4-6,8-14,16,24H,3,7,15,17-20H2. The third kappa shape index (κ3) is 6.10. The second kappa shape index (κ2) is 11.7. The summed E-state index contributed by atoms with van der Waals surface area (Å²) in [5, 5.41) is 2.63. The number of para-hydroxylation sites is 1. The van der Waals surface area contributed by atoms with Crippen LogP contribution in [0, 0.1) is 5.82 Å². The first-order valence-electron chi connectivity index (χ1n) is 12.4. The average molecular weight is 554 g/mol. The van der Waals surface area contributed by atoms with Crippen LogP contribution in [-0.2, 0) is 32.6 Å². The lowest BCUT2D eigenvalue weighted by Crippen LogP contribution is -2.45. The number of nitrogens with zero attached hydrogens (tertiary/aromatic N) is 3. The number of fused-ring (bicyclic) bond motifs is 1. The molecule has 1 unspecified atom stereocenters. The Morgan fingerprint density at radius 2 is 1.87 bits per heavy atom. The summed E-state index contributed by atoms with van der Waals surface area (Å²) in [6.45, 7) is 0.828. The molecule has 0 N–H and O–H groups in total. The predicted octanol–water partition coefficient (Wildman–Crippen LogP) is 4.83. The van der Waals surface area contributed by atoms with Crippen LogP contribution in [0.15, 0.2) is 83.2 Å². The number of ether oxygens (including phenoxy) is 1. The summed E-state index contributed by atoms with van der Waals surface area (Å²) >= 11 is 1.52. The molecule has 2 aromatic heterocycles. The fraction of sp³-hybridized carbons (Fsp3) is 0.286. The summed E-state index contributed by atoms with van der Waals surface area (Å²) in [5.74, 6) is -0.708. The van der Waals surface area contributed by atoms with Gasteiger partial charge in [-0.3, -0.25) is 9.78 Å². The molecule has 1 aliphatic rings. The van der Waals surface area contributed by atoms with Gasteiger partial charge in [-0.2, -0.15) is 4.31 Å². The van der Waals surface area contributed by atoms with E-state index in [4.69, 9.17) is 4.74 Å². The summed E-state index contributed by atoms with van der Waals surface area (Å²) in [6.07, 6.45) is 2.84. The molecular weight excluding hydrogens is 525 g/mol. The molecule has 5 rings (SSSR count). The van der Waals surface area contributed by atoms with Gasteiger partial charge in [0.25, 0.3) is 0 Å². The highest BCUT2D eigenvalue weighted by atomic mass is 32.2. The first-order chi connectivity index (χ1) is 18.4. The van der Waals surface area contributed by atoms with Crippen molar-refractivity contribution in [2.75, 3.05) is 19.7 Å². The number of benzene rings is 2. The normalized spacial score (nSPS) is 15.8. The van der Waals surface area contributed by atoms with Gasteiger partial charge < -0.3 is 9.64 Å². The molecule has 3 heterocycles. The molecule has 1 saturated heterocycles. The van der Waals surface area contributed by atoms with Crippen LogP contribution in [-0.4, -0.2) is 54.3 Å². The number of amides is 1. The van der Waals surface area contributed by atoms with E-state index < -0.39 is 10.0 Å².